The highest BCUT2D eigenvalue weighted by molar-refractivity contribution is 8.10. The molecule has 1 aromatic rings. The monoisotopic (exact) mass is 236 g/mol. The quantitative estimate of drug-likeness (QED) is 0.724. The first kappa shape index (κ1) is 9.42. The first-order chi connectivity index (χ1) is 6.56. The van der Waals surface area contributed by atoms with E-state index in [1.807, 2.05) is 0 Å². The molecule has 0 atom stereocenters. The minimum Gasteiger partial charge on any atom is -0.453 e. The van der Waals surface area contributed by atoms with Crippen LogP contribution in [0.4, 0.5) is 0 Å². The van der Waals surface area contributed by atoms with Gasteiger partial charge in [0.25, 0.3) is 0 Å². The second-order valence-corrected chi connectivity index (χ2v) is 4.55. The van der Waals surface area contributed by atoms with Gasteiger partial charge >= 0.3 is 9.33 Å². The molecule has 0 spiro atoms. The van der Waals surface area contributed by atoms with Crippen LogP contribution in [0.3, 0.4) is 0 Å². The fourth-order valence-electron chi connectivity index (χ4n) is 1.08. The highest BCUT2D eigenvalue weighted by Crippen LogP contribution is 2.41. The molecule has 0 saturated carbocycles. The van der Waals surface area contributed by atoms with Crippen LogP contribution in [0, 0.1) is 0 Å². The fourth-order valence-corrected chi connectivity index (χ4v) is 1.63. The van der Waals surface area contributed by atoms with Gasteiger partial charge in [-0.2, -0.15) is 8.42 Å². The summed E-state index contributed by atoms with van der Waals surface area (Å²) in [5.74, 6) is 0.703. The van der Waals surface area contributed by atoms with E-state index in [1.54, 1.807) is 12.1 Å². The Hall–Kier alpha value is -1.14. The summed E-state index contributed by atoms with van der Waals surface area (Å²) in [7, 11) is 0.861. The van der Waals surface area contributed by atoms with Crippen LogP contribution >= 0.6 is 10.7 Å². The van der Waals surface area contributed by atoms with Crippen LogP contribution in [-0.4, -0.2) is 15.2 Å². The Kier molecular flexibility index (Phi) is 2.16. The smallest absolute Gasteiger partial charge is 0.401 e. The van der Waals surface area contributed by atoms with Crippen LogP contribution in [0.15, 0.2) is 18.2 Å². The molecule has 0 unspecified atom stereocenters. The van der Waals surface area contributed by atoms with Gasteiger partial charge in [-0.25, -0.2) is 0 Å². The van der Waals surface area contributed by atoms with E-state index in [9.17, 15) is 8.42 Å². The number of benzene rings is 1. The number of hydrogen-bond donors (Lipinski definition) is 0. The van der Waals surface area contributed by atoms with Crippen molar-refractivity contribution in [3.05, 3.63) is 18.2 Å². The minimum atomic E-state index is -4.06. The highest BCUT2D eigenvalue weighted by Gasteiger charge is 2.21. The van der Waals surface area contributed by atoms with Gasteiger partial charge in [0, 0.05) is 0 Å². The Morgan fingerprint density at radius 1 is 1.36 bits per heavy atom. The zero-order valence-electron chi connectivity index (χ0n) is 6.77. The summed E-state index contributed by atoms with van der Waals surface area (Å²) in [5, 5.41) is 0. The minimum absolute atomic E-state index is 0.0231. The zero-order valence-corrected chi connectivity index (χ0v) is 8.34. The number of halogens is 1. The molecular weight excluding hydrogens is 232 g/mol. The maximum absolute atomic E-state index is 10.6. The number of fused-ring (bicyclic) bond motifs is 1. The molecule has 1 aliphatic heterocycles. The lowest BCUT2D eigenvalue weighted by Gasteiger charge is -2.03. The van der Waals surface area contributed by atoms with Crippen molar-refractivity contribution >= 4 is 20.0 Å². The standard InChI is InChI=1S/C7H5ClO5S/c8-14(9,10)13-6-3-1-2-5-7(6)12-4-11-5/h1-3H,4H2. The van der Waals surface area contributed by atoms with Crippen LogP contribution in [0.25, 0.3) is 0 Å². The van der Waals surface area contributed by atoms with Crippen LogP contribution in [-0.2, 0) is 9.33 Å². The zero-order chi connectivity index (χ0) is 10.2. The van der Waals surface area contributed by atoms with E-state index in [-0.39, 0.29) is 18.3 Å². The molecule has 0 fully saturated rings. The summed E-state index contributed by atoms with van der Waals surface area (Å²) >= 11 is 0. The summed E-state index contributed by atoms with van der Waals surface area (Å²) in [6, 6.07) is 4.63. The van der Waals surface area contributed by atoms with Crippen molar-refractivity contribution in [2.75, 3.05) is 6.79 Å². The van der Waals surface area contributed by atoms with Crippen LogP contribution < -0.4 is 13.7 Å². The molecule has 0 saturated heterocycles. The molecule has 7 heteroatoms. The van der Waals surface area contributed by atoms with Crippen molar-refractivity contribution in [3.63, 3.8) is 0 Å². The average molecular weight is 237 g/mol. The third-order valence-electron chi connectivity index (χ3n) is 1.55. The van der Waals surface area contributed by atoms with Crippen molar-refractivity contribution in [1.82, 2.24) is 0 Å². The molecule has 0 aliphatic carbocycles. The summed E-state index contributed by atoms with van der Waals surface area (Å²) in [4.78, 5) is 0. The van der Waals surface area contributed by atoms with Crippen molar-refractivity contribution in [2.24, 2.45) is 0 Å². The lowest BCUT2D eigenvalue weighted by Crippen LogP contribution is -2.01. The molecule has 14 heavy (non-hydrogen) atoms. The molecule has 1 heterocycles. The van der Waals surface area contributed by atoms with Crippen molar-refractivity contribution in [3.8, 4) is 17.2 Å². The Bertz CT molecular complexity index is 455. The number of rotatable bonds is 2. The van der Waals surface area contributed by atoms with E-state index >= 15 is 0 Å². The van der Waals surface area contributed by atoms with Crippen molar-refractivity contribution in [1.29, 1.82) is 0 Å². The molecule has 1 aliphatic rings. The Labute approximate surface area is 84.8 Å². The average Bonchev–Trinajstić information content (AvgIpc) is 2.49. The topological polar surface area (TPSA) is 61.8 Å². The maximum Gasteiger partial charge on any atom is 0.401 e. The van der Waals surface area contributed by atoms with Gasteiger partial charge in [0.2, 0.25) is 12.5 Å². The lowest BCUT2D eigenvalue weighted by atomic mass is 10.3. The third kappa shape index (κ3) is 1.85. The second kappa shape index (κ2) is 3.21. The molecule has 0 radical (unpaired) electrons. The van der Waals surface area contributed by atoms with E-state index in [0.717, 1.165) is 0 Å². The Morgan fingerprint density at radius 2 is 2.14 bits per heavy atom. The fraction of sp³-hybridized carbons (Fsp3) is 0.143. The van der Waals surface area contributed by atoms with E-state index in [4.69, 9.17) is 20.2 Å². The molecule has 0 amide bonds. The normalized spacial score (nSPS) is 14.1. The SMILES string of the molecule is O=S(=O)(Cl)Oc1cccc2c1OCO2. The predicted molar refractivity (Wildman–Crippen MR) is 48.0 cm³/mol. The summed E-state index contributed by atoms with van der Waals surface area (Å²) in [6.07, 6.45) is 0. The molecule has 0 bridgehead atoms. The lowest BCUT2D eigenvalue weighted by molar-refractivity contribution is 0.172. The summed E-state index contributed by atoms with van der Waals surface area (Å²) in [5.41, 5.74) is 0. The largest absolute Gasteiger partial charge is 0.453 e. The first-order valence-corrected chi connectivity index (χ1v) is 5.82. The van der Waals surface area contributed by atoms with E-state index in [0.29, 0.717) is 5.75 Å². The van der Waals surface area contributed by atoms with E-state index in [1.165, 1.54) is 6.07 Å². The maximum atomic E-state index is 10.6. The molecule has 76 valence electrons. The van der Waals surface area contributed by atoms with Crippen LogP contribution in [0.5, 0.6) is 17.2 Å². The van der Waals surface area contributed by atoms with Crippen LogP contribution in [0.2, 0.25) is 0 Å². The van der Waals surface area contributed by atoms with Gasteiger partial charge in [-0.1, -0.05) is 6.07 Å². The Morgan fingerprint density at radius 3 is 2.86 bits per heavy atom. The van der Waals surface area contributed by atoms with Gasteiger partial charge in [-0.05, 0) is 12.1 Å². The predicted octanol–water partition coefficient (Wildman–Crippen LogP) is 1.28. The molecular formula is C7H5ClO5S. The van der Waals surface area contributed by atoms with Gasteiger partial charge in [0.1, 0.15) is 0 Å². The van der Waals surface area contributed by atoms with Crippen molar-refractivity contribution in [2.45, 2.75) is 0 Å². The molecule has 5 nitrogen and oxygen atoms in total. The summed E-state index contributed by atoms with van der Waals surface area (Å²) < 4.78 is 35.8. The van der Waals surface area contributed by atoms with Gasteiger partial charge in [0.05, 0.1) is 10.7 Å². The molecule has 0 N–H and O–H groups in total. The number of ether oxygens (including phenoxy) is 2. The van der Waals surface area contributed by atoms with E-state index in [2.05, 4.69) is 4.18 Å². The van der Waals surface area contributed by atoms with Crippen LogP contribution in [0.1, 0.15) is 0 Å². The van der Waals surface area contributed by atoms with Gasteiger partial charge < -0.3 is 13.7 Å². The third-order valence-corrected chi connectivity index (χ3v) is 2.12. The molecule has 2 rings (SSSR count). The van der Waals surface area contributed by atoms with Gasteiger partial charge in [-0.15, -0.1) is 0 Å². The summed E-state index contributed by atoms with van der Waals surface area (Å²) in [6.45, 7) is 0.0397. The van der Waals surface area contributed by atoms with Gasteiger partial charge in [-0.3, -0.25) is 0 Å². The number of hydrogen-bond acceptors (Lipinski definition) is 5. The second-order valence-electron chi connectivity index (χ2n) is 2.47. The van der Waals surface area contributed by atoms with Crippen molar-refractivity contribution < 1.29 is 22.1 Å². The van der Waals surface area contributed by atoms with Gasteiger partial charge in [0.15, 0.2) is 11.5 Å². The van der Waals surface area contributed by atoms with E-state index < -0.39 is 9.33 Å². The number of para-hydroxylation sites is 1. The first-order valence-electron chi connectivity index (χ1n) is 3.59. The highest BCUT2D eigenvalue weighted by atomic mass is 35.7. The molecule has 1 aromatic carbocycles. The Balaban J connectivity index is 2.40. The molecule has 0 aromatic heterocycles.